The Morgan fingerprint density at radius 2 is 2.00 bits per heavy atom. The van der Waals surface area contributed by atoms with Crippen molar-refractivity contribution in [2.24, 2.45) is 0 Å². The summed E-state index contributed by atoms with van der Waals surface area (Å²) >= 11 is 3.18. The van der Waals surface area contributed by atoms with Crippen molar-refractivity contribution in [2.75, 3.05) is 0 Å². The third-order valence-corrected chi connectivity index (χ3v) is 2.60. The fourth-order valence-corrected chi connectivity index (χ4v) is 1.63. The fraction of sp³-hybridized carbons (Fsp3) is 0.667. The normalized spacial score (nSPS) is 12.2. The van der Waals surface area contributed by atoms with Crippen LogP contribution in [-0.4, -0.2) is 9.78 Å². The number of hydrogen-bond donors (Lipinski definition) is 0. The summed E-state index contributed by atoms with van der Waals surface area (Å²) in [5.41, 5.74) is 0.272. The maximum atomic E-state index is 13.6. The number of aromatic nitrogens is 2. The Labute approximate surface area is 86.3 Å². The van der Waals surface area contributed by atoms with Crippen LogP contribution in [0.1, 0.15) is 33.4 Å². The minimum atomic E-state index is -0.243. The number of aryl methyl sites for hydroxylation is 1. The van der Waals surface area contributed by atoms with Crippen LogP contribution in [0, 0.1) is 5.82 Å². The maximum absolute atomic E-state index is 13.6. The van der Waals surface area contributed by atoms with E-state index in [-0.39, 0.29) is 11.2 Å². The molecule has 0 saturated heterocycles. The zero-order chi connectivity index (χ0) is 10.2. The van der Waals surface area contributed by atoms with E-state index in [1.807, 2.05) is 27.7 Å². The van der Waals surface area contributed by atoms with Crippen LogP contribution in [0.15, 0.2) is 4.60 Å². The average Bonchev–Trinajstić information content (AvgIpc) is 2.28. The van der Waals surface area contributed by atoms with Gasteiger partial charge in [0.1, 0.15) is 10.3 Å². The number of rotatable bonds is 1. The maximum Gasteiger partial charge on any atom is 0.179 e. The van der Waals surface area contributed by atoms with Crippen molar-refractivity contribution in [1.29, 1.82) is 0 Å². The van der Waals surface area contributed by atoms with Gasteiger partial charge in [-0.15, -0.1) is 0 Å². The van der Waals surface area contributed by atoms with Crippen LogP contribution in [0.2, 0.25) is 0 Å². The second-order valence-electron chi connectivity index (χ2n) is 4.02. The largest absolute Gasteiger partial charge is 0.255 e. The van der Waals surface area contributed by atoms with Gasteiger partial charge in [0.15, 0.2) is 5.82 Å². The van der Waals surface area contributed by atoms with Gasteiger partial charge in [-0.25, -0.2) is 4.39 Å². The molecule has 0 spiro atoms. The summed E-state index contributed by atoms with van der Waals surface area (Å²) in [7, 11) is 0. The molecule has 0 fully saturated rings. The standard InChI is InChI=1S/C9H14BrFN2/c1-5-13-8(10)6(11)7(12-13)9(2,3)4/h5H2,1-4H3. The van der Waals surface area contributed by atoms with E-state index in [2.05, 4.69) is 21.0 Å². The van der Waals surface area contributed by atoms with Crippen LogP contribution in [-0.2, 0) is 12.0 Å². The molecule has 4 heteroatoms. The van der Waals surface area contributed by atoms with E-state index in [0.717, 1.165) is 0 Å². The summed E-state index contributed by atoms with van der Waals surface area (Å²) in [6, 6.07) is 0. The molecule has 1 rings (SSSR count). The first-order valence-corrected chi connectivity index (χ1v) is 5.09. The molecule has 74 valence electrons. The molecule has 0 unspecified atom stereocenters. The number of hydrogen-bond acceptors (Lipinski definition) is 1. The SMILES string of the molecule is CCn1nc(C(C)(C)C)c(F)c1Br. The van der Waals surface area contributed by atoms with Crippen molar-refractivity contribution < 1.29 is 4.39 Å². The highest BCUT2D eigenvalue weighted by Crippen LogP contribution is 2.28. The third kappa shape index (κ3) is 1.93. The summed E-state index contributed by atoms with van der Waals surface area (Å²) in [5, 5.41) is 4.19. The number of nitrogens with zero attached hydrogens (tertiary/aromatic N) is 2. The van der Waals surface area contributed by atoms with Crippen LogP contribution in [0.25, 0.3) is 0 Å². The van der Waals surface area contributed by atoms with Crippen molar-refractivity contribution in [3.05, 3.63) is 16.1 Å². The molecule has 2 nitrogen and oxygen atoms in total. The molecule has 0 radical (unpaired) electrons. The molecule has 0 aliphatic heterocycles. The Kier molecular flexibility index (Phi) is 2.80. The molecule has 0 N–H and O–H groups in total. The molecule has 0 aliphatic rings. The minimum absolute atomic E-state index is 0.241. The minimum Gasteiger partial charge on any atom is -0.255 e. The van der Waals surface area contributed by atoms with Gasteiger partial charge in [-0.3, -0.25) is 4.68 Å². The molecule has 0 aromatic carbocycles. The van der Waals surface area contributed by atoms with Crippen molar-refractivity contribution in [3.63, 3.8) is 0 Å². The van der Waals surface area contributed by atoms with Crippen LogP contribution >= 0.6 is 15.9 Å². The molecule has 1 heterocycles. The summed E-state index contributed by atoms with van der Waals surface area (Å²) < 4.78 is 15.6. The first-order chi connectivity index (χ1) is 5.88. The smallest absolute Gasteiger partial charge is 0.179 e. The lowest BCUT2D eigenvalue weighted by Gasteiger charge is -2.14. The highest BCUT2D eigenvalue weighted by atomic mass is 79.9. The van der Waals surface area contributed by atoms with E-state index in [1.54, 1.807) is 4.68 Å². The fourth-order valence-electron chi connectivity index (χ4n) is 1.11. The van der Waals surface area contributed by atoms with Gasteiger partial charge in [-0.05, 0) is 22.9 Å². The van der Waals surface area contributed by atoms with Gasteiger partial charge in [0.05, 0.1) is 0 Å². The first-order valence-electron chi connectivity index (χ1n) is 4.30. The van der Waals surface area contributed by atoms with Gasteiger partial charge in [0, 0.05) is 12.0 Å². The van der Waals surface area contributed by atoms with Gasteiger partial charge in [0.2, 0.25) is 0 Å². The Balaban J connectivity index is 3.25. The first kappa shape index (κ1) is 10.7. The molecule has 0 amide bonds. The highest BCUT2D eigenvalue weighted by Gasteiger charge is 2.25. The van der Waals surface area contributed by atoms with Gasteiger partial charge < -0.3 is 0 Å². The van der Waals surface area contributed by atoms with Crippen molar-refractivity contribution in [2.45, 2.75) is 39.7 Å². The molecule has 1 aromatic heterocycles. The van der Waals surface area contributed by atoms with Crippen molar-refractivity contribution in [3.8, 4) is 0 Å². The zero-order valence-electron chi connectivity index (χ0n) is 8.36. The van der Waals surface area contributed by atoms with Crippen molar-refractivity contribution in [1.82, 2.24) is 9.78 Å². The van der Waals surface area contributed by atoms with Gasteiger partial charge >= 0.3 is 0 Å². The Bertz CT molecular complexity index is 312. The molecule has 0 atom stereocenters. The summed E-state index contributed by atoms with van der Waals surface area (Å²) in [5.74, 6) is -0.241. The summed E-state index contributed by atoms with van der Waals surface area (Å²) in [6.07, 6.45) is 0. The van der Waals surface area contributed by atoms with E-state index in [4.69, 9.17) is 0 Å². The zero-order valence-corrected chi connectivity index (χ0v) is 9.94. The lowest BCUT2D eigenvalue weighted by molar-refractivity contribution is 0.505. The molecule has 1 aromatic rings. The van der Waals surface area contributed by atoms with Gasteiger partial charge in [-0.1, -0.05) is 20.8 Å². The molecule has 13 heavy (non-hydrogen) atoms. The van der Waals surface area contributed by atoms with Crippen LogP contribution < -0.4 is 0 Å². The van der Waals surface area contributed by atoms with E-state index < -0.39 is 0 Å². The third-order valence-electron chi connectivity index (χ3n) is 1.85. The Morgan fingerprint density at radius 3 is 2.23 bits per heavy atom. The Hall–Kier alpha value is -0.380. The molecule has 0 saturated carbocycles. The van der Waals surface area contributed by atoms with E-state index >= 15 is 0 Å². The summed E-state index contributed by atoms with van der Waals surface area (Å²) in [6.45, 7) is 8.46. The average molecular weight is 249 g/mol. The van der Waals surface area contributed by atoms with E-state index in [1.165, 1.54) is 0 Å². The topological polar surface area (TPSA) is 17.8 Å². The molecule has 0 aliphatic carbocycles. The van der Waals surface area contributed by atoms with Crippen LogP contribution in [0.5, 0.6) is 0 Å². The van der Waals surface area contributed by atoms with Crippen LogP contribution in [0.3, 0.4) is 0 Å². The predicted molar refractivity (Wildman–Crippen MR) is 54.3 cm³/mol. The van der Waals surface area contributed by atoms with Crippen LogP contribution in [0.4, 0.5) is 4.39 Å². The Morgan fingerprint density at radius 1 is 1.46 bits per heavy atom. The lowest BCUT2D eigenvalue weighted by atomic mass is 9.92. The number of halogens is 2. The van der Waals surface area contributed by atoms with E-state index in [0.29, 0.717) is 16.8 Å². The second kappa shape index (κ2) is 3.40. The second-order valence-corrected chi connectivity index (χ2v) is 4.77. The monoisotopic (exact) mass is 248 g/mol. The predicted octanol–water partition coefficient (Wildman–Crippen LogP) is 3.10. The van der Waals surface area contributed by atoms with Crippen molar-refractivity contribution >= 4 is 15.9 Å². The van der Waals surface area contributed by atoms with Gasteiger partial charge in [0.25, 0.3) is 0 Å². The van der Waals surface area contributed by atoms with Gasteiger partial charge in [-0.2, -0.15) is 5.10 Å². The summed E-state index contributed by atoms with van der Waals surface area (Å²) in [4.78, 5) is 0. The quantitative estimate of drug-likeness (QED) is 0.747. The highest BCUT2D eigenvalue weighted by molar-refractivity contribution is 9.10. The molecule has 0 bridgehead atoms. The molecular weight excluding hydrogens is 235 g/mol. The van der Waals surface area contributed by atoms with E-state index in [9.17, 15) is 4.39 Å². The molecular formula is C9H14BrFN2. The lowest BCUT2D eigenvalue weighted by Crippen LogP contribution is -2.14.